The third-order valence-electron chi connectivity index (χ3n) is 1.77. The summed E-state index contributed by atoms with van der Waals surface area (Å²) in [5.41, 5.74) is 11.5. The summed E-state index contributed by atoms with van der Waals surface area (Å²) in [6, 6.07) is 3.12. The first-order chi connectivity index (χ1) is 7.16. The zero-order chi connectivity index (χ0) is 10.8. The van der Waals surface area contributed by atoms with Crippen molar-refractivity contribution in [1.82, 2.24) is 10.9 Å². The summed E-state index contributed by atoms with van der Waals surface area (Å²) in [6.07, 6.45) is -0.608. The molecule has 1 heterocycles. The molecule has 0 spiro atoms. The van der Waals surface area contributed by atoms with Gasteiger partial charge in [-0.1, -0.05) is 23.2 Å². The number of hydrogen-bond acceptors (Lipinski definition) is 5. The van der Waals surface area contributed by atoms with E-state index in [0.717, 1.165) is 0 Å². The van der Waals surface area contributed by atoms with Gasteiger partial charge in [0.25, 0.3) is 6.41 Å². The molecule has 1 unspecified atom stereocenters. The van der Waals surface area contributed by atoms with Crippen molar-refractivity contribution >= 4 is 28.9 Å². The van der Waals surface area contributed by atoms with Crippen LogP contribution in [-0.4, -0.2) is 13.1 Å². The number of halogens is 2. The van der Waals surface area contributed by atoms with Crippen LogP contribution in [0.5, 0.6) is 5.75 Å². The summed E-state index contributed by atoms with van der Waals surface area (Å²) < 4.78 is 10.5. The molecular formula is C8H9Cl2N3O2. The Kier molecular flexibility index (Phi) is 3.18. The minimum Gasteiger partial charge on any atom is -0.447 e. The highest BCUT2D eigenvalue weighted by Crippen LogP contribution is 2.35. The maximum Gasteiger partial charge on any atom is 0.273 e. The predicted molar refractivity (Wildman–Crippen MR) is 57.5 cm³/mol. The third kappa shape index (κ3) is 2.45. The van der Waals surface area contributed by atoms with E-state index < -0.39 is 6.41 Å². The van der Waals surface area contributed by atoms with Gasteiger partial charge < -0.3 is 15.2 Å². The number of nitrogens with two attached hydrogens (primary N) is 1. The van der Waals surface area contributed by atoms with Crippen LogP contribution in [0, 0.1) is 0 Å². The Labute approximate surface area is 96.4 Å². The molecule has 1 fully saturated rings. The number of anilines is 1. The van der Waals surface area contributed by atoms with E-state index in [9.17, 15) is 0 Å². The molecule has 0 bridgehead atoms. The average molecular weight is 250 g/mol. The van der Waals surface area contributed by atoms with E-state index in [2.05, 4.69) is 10.9 Å². The van der Waals surface area contributed by atoms with Gasteiger partial charge in [0.05, 0.1) is 10.0 Å². The molecule has 1 aromatic rings. The van der Waals surface area contributed by atoms with Crippen molar-refractivity contribution in [3.63, 3.8) is 0 Å². The van der Waals surface area contributed by atoms with E-state index in [1.54, 1.807) is 12.1 Å². The van der Waals surface area contributed by atoms with E-state index >= 15 is 0 Å². The summed E-state index contributed by atoms with van der Waals surface area (Å²) in [6.45, 7) is 0.356. The summed E-state index contributed by atoms with van der Waals surface area (Å²) in [5, 5.41) is 0.689. The maximum atomic E-state index is 5.92. The fourth-order valence-corrected chi connectivity index (χ4v) is 1.74. The van der Waals surface area contributed by atoms with Crippen LogP contribution in [0.1, 0.15) is 0 Å². The highest BCUT2D eigenvalue weighted by Gasteiger charge is 2.19. The van der Waals surface area contributed by atoms with Gasteiger partial charge in [-0.15, -0.1) is 0 Å². The highest BCUT2D eigenvalue weighted by molar-refractivity contribution is 6.37. The van der Waals surface area contributed by atoms with Crippen LogP contribution < -0.4 is 21.3 Å². The quantitative estimate of drug-likeness (QED) is 0.690. The van der Waals surface area contributed by atoms with Crippen LogP contribution in [0.3, 0.4) is 0 Å². The molecule has 1 saturated heterocycles. The number of ether oxygens (including phenoxy) is 2. The van der Waals surface area contributed by atoms with Crippen LogP contribution in [-0.2, 0) is 4.74 Å². The number of nitrogens with one attached hydrogen (secondary N) is 2. The molecule has 1 aromatic carbocycles. The molecule has 2 rings (SSSR count). The second-order valence-electron chi connectivity index (χ2n) is 2.90. The van der Waals surface area contributed by atoms with Crippen LogP contribution in [0.15, 0.2) is 12.1 Å². The number of hydrogen-bond donors (Lipinski definition) is 3. The van der Waals surface area contributed by atoms with Crippen molar-refractivity contribution in [1.29, 1.82) is 0 Å². The van der Waals surface area contributed by atoms with Crippen LogP contribution in [0.2, 0.25) is 10.0 Å². The molecule has 0 amide bonds. The van der Waals surface area contributed by atoms with E-state index in [4.69, 9.17) is 38.4 Å². The Morgan fingerprint density at radius 3 is 2.60 bits per heavy atom. The van der Waals surface area contributed by atoms with Gasteiger partial charge >= 0.3 is 0 Å². The van der Waals surface area contributed by atoms with Crippen LogP contribution in [0.25, 0.3) is 0 Å². The minimum atomic E-state index is -0.608. The normalized spacial score (nSPS) is 20.5. The average Bonchev–Trinajstić information content (AvgIpc) is 2.63. The minimum absolute atomic E-state index is 0.341. The smallest absolute Gasteiger partial charge is 0.273 e. The van der Waals surface area contributed by atoms with Gasteiger partial charge in [-0.3, -0.25) is 0 Å². The van der Waals surface area contributed by atoms with Crippen molar-refractivity contribution in [2.45, 2.75) is 6.41 Å². The predicted octanol–water partition coefficient (Wildman–Crippen LogP) is 1.32. The number of nitrogen functional groups attached to an aromatic ring is 1. The van der Waals surface area contributed by atoms with Crippen molar-refractivity contribution < 1.29 is 9.47 Å². The lowest BCUT2D eigenvalue weighted by Crippen LogP contribution is -2.34. The summed E-state index contributed by atoms with van der Waals surface area (Å²) >= 11 is 11.8. The second kappa shape index (κ2) is 4.42. The lowest BCUT2D eigenvalue weighted by Gasteiger charge is -2.14. The molecule has 4 N–H and O–H groups in total. The summed E-state index contributed by atoms with van der Waals surface area (Å²) in [5.74, 6) is 0.341. The third-order valence-corrected chi connectivity index (χ3v) is 2.33. The fourth-order valence-electron chi connectivity index (χ4n) is 1.15. The van der Waals surface area contributed by atoms with Crippen molar-refractivity contribution in [3.05, 3.63) is 22.2 Å². The van der Waals surface area contributed by atoms with Gasteiger partial charge in [0.15, 0.2) is 5.75 Å². The van der Waals surface area contributed by atoms with Gasteiger partial charge in [-0.2, -0.15) is 5.43 Å². The first-order valence-electron chi connectivity index (χ1n) is 4.18. The van der Waals surface area contributed by atoms with Crippen molar-refractivity contribution in [2.24, 2.45) is 0 Å². The number of rotatable bonds is 2. The molecule has 0 aliphatic carbocycles. The Hall–Kier alpha value is -0.720. The Balaban J connectivity index is 2.19. The van der Waals surface area contributed by atoms with Crippen LogP contribution in [0.4, 0.5) is 5.69 Å². The molecule has 1 aliphatic rings. The first-order valence-corrected chi connectivity index (χ1v) is 4.93. The monoisotopic (exact) mass is 249 g/mol. The van der Waals surface area contributed by atoms with Crippen molar-refractivity contribution in [2.75, 3.05) is 12.5 Å². The van der Waals surface area contributed by atoms with E-state index in [1.165, 1.54) is 0 Å². The van der Waals surface area contributed by atoms with Gasteiger partial charge in [0.2, 0.25) is 0 Å². The molecule has 0 saturated carbocycles. The van der Waals surface area contributed by atoms with E-state index in [0.29, 0.717) is 28.2 Å². The molecule has 15 heavy (non-hydrogen) atoms. The Bertz CT molecular complexity index is 346. The molecule has 5 nitrogen and oxygen atoms in total. The van der Waals surface area contributed by atoms with Crippen molar-refractivity contribution in [3.8, 4) is 5.75 Å². The van der Waals surface area contributed by atoms with Gasteiger partial charge in [0, 0.05) is 5.69 Å². The number of hydrazine groups is 1. The Morgan fingerprint density at radius 1 is 1.40 bits per heavy atom. The lowest BCUT2D eigenvalue weighted by atomic mass is 10.3. The Morgan fingerprint density at radius 2 is 2.07 bits per heavy atom. The summed E-state index contributed by atoms with van der Waals surface area (Å²) in [7, 11) is 0. The zero-order valence-electron chi connectivity index (χ0n) is 7.59. The van der Waals surface area contributed by atoms with E-state index in [-0.39, 0.29) is 0 Å². The zero-order valence-corrected chi connectivity index (χ0v) is 9.10. The number of benzene rings is 1. The first kappa shape index (κ1) is 10.8. The molecule has 0 radical (unpaired) electrons. The van der Waals surface area contributed by atoms with Gasteiger partial charge in [-0.05, 0) is 12.1 Å². The molecule has 1 aliphatic heterocycles. The van der Waals surface area contributed by atoms with Gasteiger partial charge in [0.1, 0.15) is 6.73 Å². The summed E-state index contributed by atoms with van der Waals surface area (Å²) in [4.78, 5) is 0. The molecule has 82 valence electrons. The van der Waals surface area contributed by atoms with E-state index in [1.807, 2.05) is 0 Å². The molecular weight excluding hydrogens is 241 g/mol. The largest absolute Gasteiger partial charge is 0.447 e. The highest BCUT2D eigenvalue weighted by atomic mass is 35.5. The SMILES string of the molecule is Nc1cc(Cl)c(OC2NNCO2)c(Cl)c1. The lowest BCUT2D eigenvalue weighted by molar-refractivity contribution is -0.0517. The molecule has 7 heteroatoms. The maximum absolute atomic E-state index is 5.92. The topological polar surface area (TPSA) is 68.5 Å². The van der Waals surface area contributed by atoms with Crippen LogP contribution >= 0.6 is 23.2 Å². The second-order valence-corrected chi connectivity index (χ2v) is 3.71. The van der Waals surface area contributed by atoms with Gasteiger partial charge in [-0.25, -0.2) is 5.43 Å². The molecule has 0 aromatic heterocycles. The fraction of sp³-hybridized carbons (Fsp3) is 0.250. The molecule has 1 atom stereocenters. The standard InChI is InChI=1S/C8H9Cl2N3O2/c9-5-1-4(11)2-6(10)7(5)15-8-13-12-3-14-8/h1-2,8,12-13H,3,11H2.